The minimum absolute atomic E-state index is 0.0273. The van der Waals surface area contributed by atoms with Gasteiger partial charge in [0.05, 0.1) is 10.6 Å². The number of aryl methyl sites for hydroxylation is 1. The van der Waals surface area contributed by atoms with Crippen LogP contribution in [0.5, 0.6) is 0 Å². The zero-order valence-electron chi connectivity index (χ0n) is 12.1. The van der Waals surface area contributed by atoms with Gasteiger partial charge in [-0.2, -0.15) is 0 Å². The van der Waals surface area contributed by atoms with Gasteiger partial charge in [0.1, 0.15) is 0 Å². The zero-order chi connectivity index (χ0) is 16.4. The molecule has 3 rings (SSSR count). The lowest BCUT2D eigenvalue weighted by Gasteiger charge is -1.98. The first-order chi connectivity index (χ1) is 11.0. The number of carbonyl (C=O) groups is 1. The van der Waals surface area contributed by atoms with Crippen LogP contribution < -0.4 is 5.32 Å². The van der Waals surface area contributed by atoms with Crippen LogP contribution in [0.1, 0.15) is 11.1 Å². The first kappa shape index (κ1) is 15.4. The number of hydrogen-bond donors (Lipinski definition) is 1. The highest BCUT2D eigenvalue weighted by Gasteiger charge is 2.24. The molecule has 0 saturated carbocycles. The van der Waals surface area contributed by atoms with E-state index in [0.29, 0.717) is 10.9 Å². The van der Waals surface area contributed by atoms with Crippen molar-refractivity contribution < 1.29 is 13.6 Å². The van der Waals surface area contributed by atoms with Gasteiger partial charge < -0.3 is 5.32 Å². The molecular weight excluding hydrogens is 318 g/mol. The second-order valence-corrected chi connectivity index (χ2v) is 5.99. The minimum atomic E-state index is -0.975. The van der Waals surface area contributed by atoms with Gasteiger partial charge in [0.15, 0.2) is 16.8 Å². The molecule has 1 heterocycles. The average molecular weight is 330 g/mol. The molecule has 0 bridgehead atoms. The normalized spacial score (nSPS) is 17.8. The smallest absolute Gasteiger partial charge is 0.264 e. The summed E-state index contributed by atoms with van der Waals surface area (Å²) in [4.78, 5) is 16.6. The maximum atomic E-state index is 13.7. The molecule has 1 saturated heterocycles. The van der Waals surface area contributed by atoms with Crippen molar-refractivity contribution >= 4 is 34.6 Å². The van der Waals surface area contributed by atoms with E-state index in [9.17, 15) is 13.6 Å². The lowest BCUT2D eigenvalue weighted by molar-refractivity contribution is -0.115. The third kappa shape index (κ3) is 3.48. The fraction of sp³-hybridized carbons (Fsp3) is 0.0588. The molecule has 1 amide bonds. The van der Waals surface area contributed by atoms with E-state index in [1.165, 1.54) is 18.2 Å². The van der Waals surface area contributed by atoms with Gasteiger partial charge in [-0.05, 0) is 48.5 Å². The standard InChI is InChI=1S/C17H12F2N2OS/c1-10-4-2-6-12(8-10)20-17-21-16(22)14(23-17)9-11-5-3-7-13(18)15(11)19/h2-9H,1H3,(H,20,21,22)/b14-9-. The van der Waals surface area contributed by atoms with Crippen LogP contribution in [0, 0.1) is 18.6 Å². The molecule has 0 spiro atoms. The Hall–Kier alpha value is -2.47. The maximum absolute atomic E-state index is 13.7. The number of benzene rings is 2. The number of hydrogen-bond acceptors (Lipinski definition) is 3. The molecule has 1 aliphatic heterocycles. The lowest BCUT2D eigenvalue weighted by atomic mass is 10.2. The third-order valence-corrected chi connectivity index (χ3v) is 4.06. The van der Waals surface area contributed by atoms with Crippen LogP contribution in [0.4, 0.5) is 14.5 Å². The van der Waals surface area contributed by atoms with Crippen molar-refractivity contribution in [1.82, 2.24) is 5.32 Å². The number of amidine groups is 1. The summed E-state index contributed by atoms with van der Waals surface area (Å²) in [5, 5.41) is 3.02. The summed E-state index contributed by atoms with van der Waals surface area (Å²) in [7, 11) is 0. The van der Waals surface area contributed by atoms with Crippen molar-refractivity contribution in [2.75, 3.05) is 0 Å². The molecule has 1 aliphatic rings. The Labute approximate surface area is 136 Å². The van der Waals surface area contributed by atoms with Crippen molar-refractivity contribution in [1.29, 1.82) is 0 Å². The van der Waals surface area contributed by atoms with Crippen LogP contribution in [0.15, 0.2) is 52.4 Å². The quantitative estimate of drug-likeness (QED) is 0.840. The van der Waals surface area contributed by atoms with E-state index in [1.54, 1.807) is 0 Å². The number of thioether (sulfide) groups is 1. The lowest BCUT2D eigenvalue weighted by Crippen LogP contribution is -2.19. The molecule has 0 radical (unpaired) electrons. The Morgan fingerprint density at radius 1 is 1.17 bits per heavy atom. The van der Waals surface area contributed by atoms with E-state index < -0.39 is 11.6 Å². The molecule has 0 atom stereocenters. The van der Waals surface area contributed by atoms with Crippen LogP contribution in [-0.2, 0) is 4.79 Å². The predicted octanol–water partition coefficient (Wildman–Crippen LogP) is 4.16. The Morgan fingerprint density at radius 2 is 1.96 bits per heavy atom. The van der Waals surface area contributed by atoms with Crippen LogP contribution >= 0.6 is 11.8 Å². The van der Waals surface area contributed by atoms with Crippen molar-refractivity contribution in [2.45, 2.75) is 6.92 Å². The summed E-state index contributed by atoms with van der Waals surface area (Å²) in [6.45, 7) is 1.95. The van der Waals surface area contributed by atoms with E-state index in [2.05, 4.69) is 10.3 Å². The van der Waals surface area contributed by atoms with Gasteiger partial charge in [-0.25, -0.2) is 13.8 Å². The molecule has 2 aromatic carbocycles. The van der Waals surface area contributed by atoms with Crippen LogP contribution in [0.25, 0.3) is 6.08 Å². The fourth-order valence-electron chi connectivity index (χ4n) is 2.07. The van der Waals surface area contributed by atoms with Gasteiger partial charge in [0, 0.05) is 5.56 Å². The topological polar surface area (TPSA) is 41.5 Å². The highest BCUT2D eigenvalue weighted by Crippen LogP contribution is 2.29. The number of aliphatic imine (C=N–C) groups is 1. The summed E-state index contributed by atoms with van der Waals surface area (Å²) >= 11 is 1.09. The summed E-state index contributed by atoms with van der Waals surface area (Å²) in [6.07, 6.45) is 1.32. The van der Waals surface area contributed by atoms with Gasteiger partial charge in [-0.3, -0.25) is 4.79 Å². The van der Waals surface area contributed by atoms with E-state index in [0.717, 1.165) is 23.4 Å². The predicted molar refractivity (Wildman–Crippen MR) is 88.3 cm³/mol. The SMILES string of the molecule is Cc1cccc(N=C2NC(=O)/C(=C/c3cccc(F)c3F)S2)c1. The number of amides is 1. The average Bonchev–Trinajstić information content (AvgIpc) is 2.83. The highest BCUT2D eigenvalue weighted by atomic mass is 32.2. The largest absolute Gasteiger partial charge is 0.300 e. The van der Waals surface area contributed by atoms with Crippen LogP contribution in [0.2, 0.25) is 0 Å². The Bertz CT molecular complexity index is 846. The number of nitrogens with one attached hydrogen (secondary N) is 1. The first-order valence-electron chi connectivity index (χ1n) is 6.83. The third-order valence-electron chi connectivity index (χ3n) is 3.15. The van der Waals surface area contributed by atoms with Gasteiger partial charge in [0.2, 0.25) is 0 Å². The summed E-state index contributed by atoms with van der Waals surface area (Å²) in [6, 6.07) is 11.4. The van der Waals surface area contributed by atoms with Gasteiger partial charge in [0.25, 0.3) is 5.91 Å². The van der Waals surface area contributed by atoms with Crippen molar-refractivity contribution in [3.63, 3.8) is 0 Å². The Balaban J connectivity index is 1.88. The monoisotopic (exact) mass is 330 g/mol. The molecular formula is C17H12F2N2OS. The maximum Gasteiger partial charge on any atom is 0.264 e. The molecule has 6 heteroatoms. The zero-order valence-corrected chi connectivity index (χ0v) is 13.0. The van der Waals surface area contributed by atoms with E-state index in [4.69, 9.17) is 0 Å². The number of halogens is 2. The Morgan fingerprint density at radius 3 is 2.74 bits per heavy atom. The molecule has 2 aromatic rings. The van der Waals surface area contributed by atoms with E-state index in [-0.39, 0.29) is 16.4 Å². The fourth-order valence-corrected chi connectivity index (χ4v) is 2.90. The first-order valence-corrected chi connectivity index (χ1v) is 7.65. The highest BCUT2D eigenvalue weighted by molar-refractivity contribution is 8.18. The van der Waals surface area contributed by atoms with Crippen molar-refractivity contribution in [3.8, 4) is 0 Å². The van der Waals surface area contributed by atoms with E-state index >= 15 is 0 Å². The molecule has 1 N–H and O–H groups in total. The molecule has 0 aromatic heterocycles. The van der Waals surface area contributed by atoms with Gasteiger partial charge >= 0.3 is 0 Å². The van der Waals surface area contributed by atoms with Crippen LogP contribution in [0.3, 0.4) is 0 Å². The number of rotatable bonds is 2. The second-order valence-electron chi connectivity index (χ2n) is 4.96. The molecule has 1 fully saturated rings. The van der Waals surface area contributed by atoms with Crippen molar-refractivity contribution in [2.24, 2.45) is 4.99 Å². The Kier molecular flexibility index (Phi) is 4.25. The van der Waals surface area contributed by atoms with E-state index in [1.807, 2.05) is 31.2 Å². The van der Waals surface area contributed by atoms with Gasteiger partial charge in [-0.15, -0.1) is 0 Å². The summed E-state index contributed by atoms with van der Waals surface area (Å²) in [5.41, 5.74) is 1.80. The number of carbonyl (C=O) groups excluding carboxylic acids is 1. The minimum Gasteiger partial charge on any atom is -0.300 e. The van der Waals surface area contributed by atoms with Crippen LogP contribution in [-0.4, -0.2) is 11.1 Å². The molecule has 23 heavy (non-hydrogen) atoms. The summed E-state index contributed by atoms with van der Waals surface area (Å²) in [5.74, 6) is -2.31. The van der Waals surface area contributed by atoms with Crippen molar-refractivity contribution in [3.05, 3.63) is 70.1 Å². The molecule has 116 valence electrons. The summed E-state index contributed by atoms with van der Waals surface area (Å²) < 4.78 is 26.9. The molecule has 3 nitrogen and oxygen atoms in total. The second kappa shape index (κ2) is 6.34. The molecule has 0 aliphatic carbocycles. The molecule has 0 unspecified atom stereocenters. The van der Waals surface area contributed by atoms with Gasteiger partial charge in [-0.1, -0.05) is 24.3 Å². The number of nitrogens with zero attached hydrogens (tertiary/aromatic N) is 1.